The molecule has 4 nitrogen and oxygen atoms in total. The van der Waals surface area contributed by atoms with Crippen molar-refractivity contribution in [3.8, 4) is 5.75 Å². The summed E-state index contributed by atoms with van der Waals surface area (Å²) < 4.78 is 19.4. The highest BCUT2D eigenvalue weighted by atomic mass is 35.5. The minimum Gasteiger partial charge on any atom is -0.483 e. The molecule has 0 spiro atoms. The fourth-order valence-corrected chi connectivity index (χ4v) is 3.59. The third kappa shape index (κ3) is 5.18. The number of hydrogen-bond acceptors (Lipinski definition) is 3. The van der Waals surface area contributed by atoms with Crippen molar-refractivity contribution in [1.29, 1.82) is 0 Å². The van der Waals surface area contributed by atoms with Crippen LogP contribution in [-0.4, -0.2) is 12.5 Å². The van der Waals surface area contributed by atoms with E-state index >= 15 is 0 Å². The van der Waals surface area contributed by atoms with Gasteiger partial charge in [-0.05, 0) is 54.1 Å². The summed E-state index contributed by atoms with van der Waals surface area (Å²) in [5, 5.41) is 8.21. The van der Waals surface area contributed by atoms with Gasteiger partial charge in [-0.15, -0.1) is 0 Å². The molecule has 0 saturated carbocycles. The van der Waals surface area contributed by atoms with Crippen LogP contribution in [-0.2, 0) is 11.3 Å². The Kier molecular flexibility index (Phi) is 6.57. The first-order valence-electron chi connectivity index (χ1n) is 10.2. The number of carbonyl (C=O) groups excluding carboxylic acids is 1. The van der Waals surface area contributed by atoms with E-state index in [4.69, 9.17) is 16.3 Å². The zero-order chi connectivity index (χ0) is 22.5. The first kappa shape index (κ1) is 21.7. The smallest absolute Gasteiger partial charge is 0.262 e. The molecule has 32 heavy (non-hydrogen) atoms. The van der Waals surface area contributed by atoms with E-state index in [2.05, 4.69) is 10.6 Å². The first-order valence-corrected chi connectivity index (χ1v) is 10.6. The molecule has 0 aliphatic rings. The average Bonchev–Trinajstić information content (AvgIpc) is 2.80. The summed E-state index contributed by atoms with van der Waals surface area (Å²) >= 11 is 5.90. The topological polar surface area (TPSA) is 50.4 Å². The van der Waals surface area contributed by atoms with Crippen LogP contribution in [0.3, 0.4) is 0 Å². The van der Waals surface area contributed by atoms with Crippen molar-refractivity contribution in [3.05, 3.63) is 101 Å². The second-order valence-corrected chi connectivity index (χ2v) is 7.86. The van der Waals surface area contributed by atoms with Crippen LogP contribution in [0.15, 0.2) is 78.9 Å². The molecule has 2 N–H and O–H groups in total. The number of hydrogen-bond donors (Lipinski definition) is 2. The van der Waals surface area contributed by atoms with E-state index < -0.39 is 5.82 Å². The average molecular weight is 449 g/mol. The van der Waals surface area contributed by atoms with Crippen LogP contribution in [0.4, 0.5) is 15.8 Å². The summed E-state index contributed by atoms with van der Waals surface area (Å²) in [7, 11) is 0. The molecule has 0 aliphatic carbocycles. The van der Waals surface area contributed by atoms with Gasteiger partial charge in [0, 0.05) is 23.5 Å². The monoisotopic (exact) mass is 448 g/mol. The number of anilines is 2. The lowest BCUT2D eigenvalue weighted by Gasteiger charge is -2.16. The summed E-state index contributed by atoms with van der Waals surface area (Å²) in [5.74, 6) is -0.110. The maximum absolute atomic E-state index is 13.5. The van der Waals surface area contributed by atoms with Gasteiger partial charge in [-0.2, -0.15) is 0 Å². The highest BCUT2D eigenvalue weighted by Crippen LogP contribution is 2.29. The molecule has 162 valence electrons. The van der Waals surface area contributed by atoms with Gasteiger partial charge < -0.3 is 15.4 Å². The van der Waals surface area contributed by atoms with E-state index in [9.17, 15) is 9.18 Å². The van der Waals surface area contributed by atoms with Gasteiger partial charge in [-0.1, -0.05) is 59.6 Å². The van der Waals surface area contributed by atoms with Gasteiger partial charge >= 0.3 is 0 Å². The van der Waals surface area contributed by atoms with E-state index in [1.807, 2.05) is 67.6 Å². The van der Waals surface area contributed by atoms with Crippen LogP contribution in [0.25, 0.3) is 10.8 Å². The summed E-state index contributed by atoms with van der Waals surface area (Å²) in [6.07, 6.45) is 0. The maximum Gasteiger partial charge on any atom is 0.262 e. The Morgan fingerprint density at radius 3 is 2.50 bits per heavy atom. The lowest BCUT2D eigenvalue weighted by atomic mass is 10.0. The molecule has 0 fully saturated rings. The van der Waals surface area contributed by atoms with Gasteiger partial charge in [0.15, 0.2) is 6.61 Å². The quantitative estimate of drug-likeness (QED) is 0.336. The van der Waals surface area contributed by atoms with Gasteiger partial charge in [0.2, 0.25) is 0 Å². The summed E-state index contributed by atoms with van der Waals surface area (Å²) in [4.78, 5) is 12.4. The normalized spacial score (nSPS) is 10.7. The Bertz CT molecular complexity index is 1260. The Hall–Kier alpha value is -3.57. The molecule has 4 aromatic rings. The summed E-state index contributed by atoms with van der Waals surface area (Å²) in [5.41, 5.74) is 3.42. The van der Waals surface area contributed by atoms with Crippen LogP contribution < -0.4 is 15.4 Å². The van der Waals surface area contributed by atoms with Gasteiger partial charge in [0.1, 0.15) is 11.6 Å². The number of carbonyl (C=O) groups is 1. The Morgan fingerprint density at radius 1 is 0.969 bits per heavy atom. The van der Waals surface area contributed by atoms with E-state index in [1.165, 1.54) is 12.1 Å². The van der Waals surface area contributed by atoms with Gasteiger partial charge in [0.05, 0.1) is 5.02 Å². The molecular weight excluding hydrogens is 427 g/mol. The highest BCUT2D eigenvalue weighted by molar-refractivity contribution is 6.31. The van der Waals surface area contributed by atoms with Crippen molar-refractivity contribution in [3.63, 3.8) is 0 Å². The molecule has 4 rings (SSSR count). The minimum atomic E-state index is -0.467. The van der Waals surface area contributed by atoms with Crippen LogP contribution in [0.2, 0.25) is 5.02 Å². The van der Waals surface area contributed by atoms with Crippen molar-refractivity contribution < 1.29 is 13.9 Å². The number of aryl methyl sites for hydroxylation is 1. The van der Waals surface area contributed by atoms with Crippen molar-refractivity contribution >= 4 is 39.7 Å². The lowest BCUT2D eigenvalue weighted by Crippen LogP contribution is -2.20. The highest BCUT2D eigenvalue weighted by Gasteiger charge is 2.12. The number of amides is 1. The largest absolute Gasteiger partial charge is 0.483 e. The first-order chi connectivity index (χ1) is 15.5. The number of rotatable bonds is 7. The van der Waals surface area contributed by atoms with Crippen LogP contribution >= 0.6 is 11.6 Å². The zero-order valence-electron chi connectivity index (χ0n) is 17.5. The number of ether oxygens (including phenoxy) is 1. The molecule has 0 atom stereocenters. The predicted octanol–water partition coefficient (Wildman–Crippen LogP) is 6.57. The van der Waals surface area contributed by atoms with Crippen molar-refractivity contribution in [2.45, 2.75) is 13.5 Å². The molecule has 0 heterocycles. The maximum atomic E-state index is 13.5. The van der Waals surface area contributed by atoms with Crippen LogP contribution in [0.5, 0.6) is 5.75 Å². The van der Waals surface area contributed by atoms with Crippen molar-refractivity contribution in [1.82, 2.24) is 0 Å². The van der Waals surface area contributed by atoms with E-state index in [1.54, 1.807) is 6.07 Å². The number of benzene rings is 4. The molecule has 1 amide bonds. The molecule has 0 saturated heterocycles. The molecular formula is C26H22ClFN2O2. The van der Waals surface area contributed by atoms with Crippen LogP contribution in [0, 0.1) is 12.7 Å². The molecule has 0 radical (unpaired) electrons. The van der Waals surface area contributed by atoms with Crippen molar-refractivity contribution in [2.24, 2.45) is 0 Å². The SMILES string of the molecule is Cc1ccc(NC(=O)COc2ccc3ccccc3c2CNc2ccc(F)c(Cl)c2)cc1. The van der Waals surface area contributed by atoms with E-state index in [0.29, 0.717) is 18.0 Å². The Labute approximate surface area is 191 Å². The summed E-state index contributed by atoms with van der Waals surface area (Å²) in [6, 6.07) is 23.8. The zero-order valence-corrected chi connectivity index (χ0v) is 18.2. The fraction of sp³-hybridized carbons (Fsp3) is 0.115. The molecule has 0 aliphatic heterocycles. The Balaban J connectivity index is 1.52. The molecule has 0 bridgehead atoms. The van der Waals surface area contributed by atoms with E-state index in [0.717, 1.165) is 27.6 Å². The van der Waals surface area contributed by atoms with Gasteiger partial charge in [-0.3, -0.25) is 4.79 Å². The molecule has 4 aromatic carbocycles. The minimum absolute atomic E-state index is 0.0529. The second kappa shape index (κ2) is 9.71. The lowest BCUT2D eigenvalue weighted by molar-refractivity contribution is -0.118. The molecule has 0 aromatic heterocycles. The molecule has 6 heteroatoms. The third-order valence-electron chi connectivity index (χ3n) is 5.08. The number of halogens is 2. The van der Waals surface area contributed by atoms with Gasteiger partial charge in [0.25, 0.3) is 5.91 Å². The predicted molar refractivity (Wildman–Crippen MR) is 128 cm³/mol. The third-order valence-corrected chi connectivity index (χ3v) is 5.37. The second-order valence-electron chi connectivity index (χ2n) is 7.45. The van der Waals surface area contributed by atoms with E-state index in [-0.39, 0.29) is 17.5 Å². The molecule has 0 unspecified atom stereocenters. The number of nitrogens with one attached hydrogen (secondary N) is 2. The number of fused-ring (bicyclic) bond motifs is 1. The Morgan fingerprint density at radius 2 is 1.72 bits per heavy atom. The van der Waals surface area contributed by atoms with Crippen molar-refractivity contribution in [2.75, 3.05) is 17.2 Å². The summed E-state index contributed by atoms with van der Waals surface area (Å²) in [6.45, 7) is 2.28. The van der Waals surface area contributed by atoms with Crippen LogP contribution in [0.1, 0.15) is 11.1 Å². The fourth-order valence-electron chi connectivity index (χ4n) is 3.41. The standard InChI is InChI=1S/C26H22ClFN2O2/c1-17-6-9-19(10-7-17)30-26(31)16-32-25-13-8-18-4-2-3-5-21(18)22(25)15-29-20-11-12-24(28)23(27)14-20/h2-14,29H,15-16H2,1H3,(H,30,31). The van der Waals surface area contributed by atoms with Gasteiger partial charge in [-0.25, -0.2) is 4.39 Å².